The Morgan fingerprint density at radius 2 is 1.50 bits per heavy atom. The molecule has 80 valence electrons. The smallest absolute Gasteiger partial charge is 0.0286 e. The molecular formula is C13H23N. The summed E-state index contributed by atoms with van der Waals surface area (Å²) in [7, 11) is 0. The molecule has 14 heavy (non-hydrogen) atoms. The van der Waals surface area contributed by atoms with Crippen molar-refractivity contribution < 1.29 is 0 Å². The van der Waals surface area contributed by atoms with Crippen molar-refractivity contribution in [2.75, 3.05) is 0 Å². The standard InChI is InChI=1S/C13H23N/c1-8-9(2)11(4)12(10(8)3)14-13(5,6)7/h10,14H,1-7H3. The molecule has 1 heteroatoms. The molecule has 0 saturated heterocycles. The van der Waals surface area contributed by atoms with E-state index in [2.05, 4.69) is 53.8 Å². The highest BCUT2D eigenvalue weighted by molar-refractivity contribution is 5.46. The van der Waals surface area contributed by atoms with Crippen LogP contribution in [0.25, 0.3) is 0 Å². The fourth-order valence-electron chi connectivity index (χ4n) is 1.97. The molecule has 0 saturated carbocycles. The summed E-state index contributed by atoms with van der Waals surface area (Å²) in [5.41, 5.74) is 5.98. The van der Waals surface area contributed by atoms with Gasteiger partial charge in [-0.25, -0.2) is 0 Å². The summed E-state index contributed by atoms with van der Waals surface area (Å²) in [4.78, 5) is 0. The lowest BCUT2D eigenvalue weighted by Gasteiger charge is -2.27. The summed E-state index contributed by atoms with van der Waals surface area (Å²) in [6.45, 7) is 15.6. The van der Waals surface area contributed by atoms with E-state index in [0.717, 1.165) is 0 Å². The molecule has 0 bridgehead atoms. The summed E-state index contributed by atoms with van der Waals surface area (Å²) < 4.78 is 0. The first kappa shape index (κ1) is 11.4. The fourth-order valence-corrected chi connectivity index (χ4v) is 1.97. The van der Waals surface area contributed by atoms with Gasteiger partial charge in [0, 0.05) is 17.2 Å². The summed E-state index contributed by atoms with van der Waals surface area (Å²) in [5, 5.41) is 3.62. The van der Waals surface area contributed by atoms with Gasteiger partial charge in [-0.1, -0.05) is 12.5 Å². The Bertz CT molecular complexity index is 300. The predicted molar refractivity (Wildman–Crippen MR) is 63.1 cm³/mol. The zero-order valence-corrected chi connectivity index (χ0v) is 10.6. The molecule has 0 heterocycles. The largest absolute Gasteiger partial charge is 0.383 e. The van der Waals surface area contributed by atoms with Gasteiger partial charge in [0.05, 0.1) is 0 Å². The van der Waals surface area contributed by atoms with Crippen LogP contribution in [0.5, 0.6) is 0 Å². The number of nitrogens with one attached hydrogen (secondary N) is 1. The van der Waals surface area contributed by atoms with Crippen LogP contribution in [0.15, 0.2) is 22.4 Å². The van der Waals surface area contributed by atoms with Crippen molar-refractivity contribution in [2.45, 2.75) is 54.0 Å². The first-order valence-electron chi connectivity index (χ1n) is 5.40. The molecule has 1 aliphatic carbocycles. The summed E-state index contributed by atoms with van der Waals surface area (Å²) in [5.74, 6) is 0.564. The van der Waals surface area contributed by atoms with Gasteiger partial charge in [0.2, 0.25) is 0 Å². The van der Waals surface area contributed by atoms with Gasteiger partial charge in [-0.15, -0.1) is 0 Å². The Hall–Kier alpha value is -0.720. The Morgan fingerprint density at radius 3 is 1.79 bits per heavy atom. The molecule has 0 amide bonds. The SMILES string of the molecule is CC1=C(C)C(C)C(NC(C)(C)C)=C1C. The minimum atomic E-state index is 0.162. The molecule has 0 radical (unpaired) electrons. The maximum atomic E-state index is 3.62. The molecule has 0 aromatic heterocycles. The average Bonchev–Trinajstić information content (AvgIpc) is 2.20. The first-order valence-corrected chi connectivity index (χ1v) is 5.40. The molecule has 0 spiro atoms. The third-order valence-electron chi connectivity index (χ3n) is 3.15. The molecule has 0 aliphatic heterocycles. The highest BCUT2D eigenvalue weighted by Gasteiger charge is 2.25. The van der Waals surface area contributed by atoms with Crippen LogP contribution in [0.1, 0.15) is 48.5 Å². The van der Waals surface area contributed by atoms with Crippen LogP contribution in [0.3, 0.4) is 0 Å². The van der Waals surface area contributed by atoms with E-state index in [1.54, 1.807) is 0 Å². The molecule has 0 aromatic rings. The van der Waals surface area contributed by atoms with Gasteiger partial charge in [-0.05, 0) is 52.7 Å². The van der Waals surface area contributed by atoms with E-state index in [4.69, 9.17) is 0 Å². The molecule has 1 N–H and O–H groups in total. The lowest BCUT2D eigenvalue weighted by molar-refractivity contribution is 0.450. The molecule has 0 fully saturated rings. The van der Waals surface area contributed by atoms with Gasteiger partial charge in [-0.3, -0.25) is 0 Å². The quantitative estimate of drug-likeness (QED) is 0.670. The molecule has 0 aromatic carbocycles. The van der Waals surface area contributed by atoms with Crippen LogP contribution in [-0.4, -0.2) is 5.54 Å². The molecule has 1 unspecified atom stereocenters. The maximum Gasteiger partial charge on any atom is 0.0286 e. The van der Waals surface area contributed by atoms with Gasteiger partial charge in [-0.2, -0.15) is 0 Å². The van der Waals surface area contributed by atoms with E-state index in [0.29, 0.717) is 5.92 Å². The Morgan fingerprint density at radius 1 is 1.00 bits per heavy atom. The van der Waals surface area contributed by atoms with Gasteiger partial charge in [0.1, 0.15) is 0 Å². The zero-order valence-electron chi connectivity index (χ0n) is 10.6. The third-order valence-corrected chi connectivity index (χ3v) is 3.15. The molecule has 1 atom stereocenters. The topological polar surface area (TPSA) is 12.0 Å². The van der Waals surface area contributed by atoms with Gasteiger partial charge in [0.15, 0.2) is 0 Å². The van der Waals surface area contributed by atoms with E-state index in [-0.39, 0.29) is 5.54 Å². The average molecular weight is 193 g/mol. The van der Waals surface area contributed by atoms with Crippen LogP contribution >= 0.6 is 0 Å². The minimum absolute atomic E-state index is 0.162. The Balaban J connectivity index is 2.94. The Kier molecular flexibility index (Phi) is 2.80. The normalized spacial score (nSPS) is 23.5. The second-order valence-electron chi connectivity index (χ2n) is 5.44. The van der Waals surface area contributed by atoms with Crippen molar-refractivity contribution in [1.82, 2.24) is 5.32 Å². The van der Waals surface area contributed by atoms with Crippen molar-refractivity contribution in [2.24, 2.45) is 5.92 Å². The second kappa shape index (κ2) is 3.45. The minimum Gasteiger partial charge on any atom is -0.383 e. The highest BCUT2D eigenvalue weighted by Crippen LogP contribution is 2.35. The van der Waals surface area contributed by atoms with Crippen LogP contribution in [-0.2, 0) is 0 Å². The van der Waals surface area contributed by atoms with E-state index < -0.39 is 0 Å². The molecule has 1 nitrogen and oxygen atoms in total. The summed E-state index contributed by atoms with van der Waals surface area (Å²) >= 11 is 0. The molecular weight excluding hydrogens is 170 g/mol. The zero-order chi connectivity index (χ0) is 11.1. The first-order chi connectivity index (χ1) is 6.24. The van der Waals surface area contributed by atoms with E-state index >= 15 is 0 Å². The predicted octanol–water partition coefficient (Wildman–Crippen LogP) is 3.63. The highest BCUT2D eigenvalue weighted by atomic mass is 15.0. The van der Waals surface area contributed by atoms with Gasteiger partial charge < -0.3 is 5.32 Å². The monoisotopic (exact) mass is 193 g/mol. The summed E-state index contributed by atoms with van der Waals surface area (Å²) in [6, 6.07) is 0. The van der Waals surface area contributed by atoms with E-state index in [1.165, 1.54) is 22.4 Å². The second-order valence-corrected chi connectivity index (χ2v) is 5.44. The van der Waals surface area contributed by atoms with Crippen molar-refractivity contribution in [3.8, 4) is 0 Å². The maximum absolute atomic E-state index is 3.62. The lowest BCUT2D eigenvalue weighted by atomic mass is 10.0. The number of hydrogen-bond donors (Lipinski definition) is 1. The number of allylic oxidation sites excluding steroid dienone is 3. The van der Waals surface area contributed by atoms with Crippen molar-refractivity contribution in [3.05, 3.63) is 22.4 Å². The number of hydrogen-bond acceptors (Lipinski definition) is 1. The van der Waals surface area contributed by atoms with E-state index in [1.807, 2.05) is 0 Å². The van der Waals surface area contributed by atoms with Crippen LogP contribution < -0.4 is 5.32 Å². The number of rotatable bonds is 1. The van der Waals surface area contributed by atoms with E-state index in [9.17, 15) is 0 Å². The summed E-state index contributed by atoms with van der Waals surface area (Å²) in [6.07, 6.45) is 0. The van der Waals surface area contributed by atoms with Gasteiger partial charge >= 0.3 is 0 Å². The fraction of sp³-hybridized carbons (Fsp3) is 0.692. The van der Waals surface area contributed by atoms with Crippen LogP contribution in [0, 0.1) is 5.92 Å². The molecule has 1 rings (SSSR count). The van der Waals surface area contributed by atoms with Crippen LogP contribution in [0.2, 0.25) is 0 Å². The molecule has 1 aliphatic rings. The van der Waals surface area contributed by atoms with Crippen molar-refractivity contribution in [3.63, 3.8) is 0 Å². The van der Waals surface area contributed by atoms with Crippen molar-refractivity contribution >= 4 is 0 Å². The third kappa shape index (κ3) is 2.02. The van der Waals surface area contributed by atoms with Crippen molar-refractivity contribution in [1.29, 1.82) is 0 Å². The van der Waals surface area contributed by atoms with Crippen LogP contribution in [0.4, 0.5) is 0 Å². The van der Waals surface area contributed by atoms with Gasteiger partial charge in [0.25, 0.3) is 0 Å². The Labute approximate surface area is 88.3 Å². The lowest BCUT2D eigenvalue weighted by Crippen LogP contribution is -2.36.